The van der Waals surface area contributed by atoms with Crippen LogP contribution >= 0.6 is 23.5 Å². The summed E-state index contributed by atoms with van der Waals surface area (Å²) >= 11 is 3.79. The van der Waals surface area contributed by atoms with E-state index in [1.54, 1.807) is 0 Å². The Morgan fingerprint density at radius 2 is 1.67 bits per heavy atom. The topological polar surface area (TPSA) is 67.4 Å². The number of carbonyl (C=O) groups is 2. The molecule has 33 heavy (non-hydrogen) atoms. The third-order valence-corrected chi connectivity index (χ3v) is 7.84. The summed E-state index contributed by atoms with van der Waals surface area (Å²) in [6.07, 6.45) is 1.22. The van der Waals surface area contributed by atoms with Gasteiger partial charge in [-0.15, -0.1) is 0 Å². The smallest absolute Gasteiger partial charge is 0.221 e. The fourth-order valence-electron chi connectivity index (χ4n) is 3.21. The number of halogens is 2. The lowest BCUT2D eigenvalue weighted by molar-refractivity contribution is -0.122. The first kappa shape index (κ1) is 25.4. The molecule has 9 heteroatoms. The molecule has 1 saturated heterocycles. The molecular formula is C24H28F2N2O3S2. The summed E-state index contributed by atoms with van der Waals surface area (Å²) in [5.41, 5.74) is 1.97. The first-order valence-corrected chi connectivity index (χ1v) is 13.1. The summed E-state index contributed by atoms with van der Waals surface area (Å²) in [7, 11) is 0. The highest BCUT2D eigenvalue weighted by Gasteiger charge is 2.17. The molecule has 1 atom stereocenters. The largest absolute Gasteiger partial charge is 0.491 e. The van der Waals surface area contributed by atoms with Crippen LogP contribution in [0.5, 0.6) is 5.75 Å². The van der Waals surface area contributed by atoms with Gasteiger partial charge in [-0.2, -0.15) is 23.5 Å². The summed E-state index contributed by atoms with van der Waals surface area (Å²) in [4.78, 5) is 24.1. The van der Waals surface area contributed by atoms with E-state index in [9.17, 15) is 18.4 Å². The van der Waals surface area contributed by atoms with Gasteiger partial charge in [-0.25, -0.2) is 8.78 Å². The molecule has 0 saturated carbocycles. The first-order valence-electron chi connectivity index (χ1n) is 10.9. The monoisotopic (exact) mass is 494 g/mol. The molecule has 1 fully saturated rings. The minimum atomic E-state index is -0.759. The fraction of sp³-hybridized carbons (Fsp3) is 0.417. The Labute approximate surface area is 201 Å². The maximum atomic E-state index is 13.5. The molecular weight excluding hydrogens is 466 g/mol. The molecule has 2 aromatic carbocycles. The molecule has 0 radical (unpaired) electrons. The number of carbonyl (C=O) groups excluding carboxylic acids is 2. The Balaban J connectivity index is 1.29. The van der Waals surface area contributed by atoms with Crippen molar-refractivity contribution < 1.29 is 23.1 Å². The molecule has 0 bridgehead atoms. The third-order valence-electron chi connectivity index (χ3n) is 5.00. The Bertz CT molecular complexity index is 922. The zero-order valence-corrected chi connectivity index (χ0v) is 19.9. The fourth-order valence-corrected chi connectivity index (χ4v) is 5.89. The summed E-state index contributed by atoms with van der Waals surface area (Å²) < 4.78 is 31.6. The van der Waals surface area contributed by atoms with E-state index >= 15 is 0 Å². The van der Waals surface area contributed by atoms with Crippen LogP contribution in [0.3, 0.4) is 0 Å². The third kappa shape index (κ3) is 9.25. The van der Waals surface area contributed by atoms with Gasteiger partial charge < -0.3 is 15.4 Å². The zero-order chi connectivity index (χ0) is 23.5. The van der Waals surface area contributed by atoms with Gasteiger partial charge in [0.05, 0.1) is 6.61 Å². The van der Waals surface area contributed by atoms with Crippen molar-refractivity contribution in [2.75, 3.05) is 23.9 Å². The van der Waals surface area contributed by atoms with Crippen LogP contribution in [0.15, 0.2) is 42.5 Å². The van der Waals surface area contributed by atoms with E-state index in [0.29, 0.717) is 31.2 Å². The predicted octanol–water partition coefficient (Wildman–Crippen LogP) is 4.30. The molecule has 0 aliphatic carbocycles. The normalized spacial score (nSPS) is 15.6. The lowest BCUT2D eigenvalue weighted by atomic mass is 10.1. The van der Waals surface area contributed by atoms with E-state index in [4.69, 9.17) is 4.74 Å². The number of nitrogens with one attached hydrogen (secondary N) is 2. The van der Waals surface area contributed by atoms with Crippen LogP contribution in [-0.4, -0.2) is 40.9 Å². The number of rotatable bonds is 11. The molecule has 0 aromatic heterocycles. The molecule has 2 N–H and O–H groups in total. The highest BCUT2D eigenvalue weighted by atomic mass is 32.2. The van der Waals surface area contributed by atoms with Gasteiger partial charge in [0.2, 0.25) is 11.8 Å². The van der Waals surface area contributed by atoms with E-state index < -0.39 is 11.6 Å². The summed E-state index contributed by atoms with van der Waals surface area (Å²) in [5.74, 6) is 1.83. The van der Waals surface area contributed by atoms with E-state index in [-0.39, 0.29) is 30.6 Å². The SMILES string of the molecule is O=C(CCCOc1ccc(F)cc1F)NCc1ccc(CNC(=O)CC2CSCCS2)cc1. The molecule has 178 valence electrons. The Hall–Kier alpha value is -2.26. The first-order chi connectivity index (χ1) is 16.0. The second-order valence-electron chi connectivity index (χ2n) is 7.67. The van der Waals surface area contributed by atoms with Crippen LogP contribution < -0.4 is 15.4 Å². The van der Waals surface area contributed by atoms with Gasteiger partial charge in [0.1, 0.15) is 5.82 Å². The van der Waals surface area contributed by atoms with Crippen molar-refractivity contribution in [2.45, 2.75) is 37.6 Å². The number of hydrogen-bond acceptors (Lipinski definition) is 5. The van der Waals surface area contributed by atoms with E-state index in [2.05, 4.69) is 10.6 Å². The number of benzene rings is 2. The van der Waals surface area contributed by atoms with Gasteiger partial charge >= 0.3 is 0 Å². The van der Waals surface area contributed by atoms with Crippen molar-refractivity contribution in [1.82, 2.24) is 10.6 Å². The summed E-state index contributed by atoms with van der Waals surface area (Å²) in [6.45, 7) is 1.05. The molecule has 1 aliphatic heterocycles. The van der Waals surface area contributed by atoms with Crippen molar-refractivity contribution in [3.63, 3.8) is 0 Å². The van der Waals surface area contributed by atoms with Crippen molar-refractivity contribution in [3.05, 3.63) is 65.2 Å². The molecule has 3 rings (SSSR count). The molecule has 1 aliphatic rings. The minimum Gasteiger partial charge on any atom is -0.491 e. The van der Waals surface area contributed by atoms with Gasteiger partial charge in [-0.05, 0) is 29.7 Å². The number of amides is 2. The van der Waals surface area contributed by atoms with Crippen molar-refractivity contribution >= 4 is 35.3 Å². The van der Waals surface area contributed by atoms with Crippen LogP contribution in [0.25, 0.3) is 0 Å². The average Bonchev–Trinajstić information content (AvgIpc) is 2.81. The number of thioether (sulfide) groups is 2. The van der Waals surface area contributed by atoms with Crippen molar-refractivity contribution in [2.24, 2.45) is 0 Å². The lowest BCUT2D eigenvalue weighted by Gasteiger charge is -2.20. The van der Waals surface area contributed by atoms with E-state index in [1.165, 1.54) is 11.8 Å². The van der Waals surface area contributed by atoms with Gasteiger partial charge in [-0.1, -0.05) is 24.3 Å². The lowest BCUT2D eigenvalue weighted by Crippen LogP contribution is -2.28. The molecule has 5 nitrogen and oxygen atoms in total. The standard InChI is InChI=1S/C24H28F2N2O3S2/c25-19-7-8-22(21(26)12-19)31-9-1-2-23(29)27-14-17-3-5-18(6-4-17)15-28-24(30)13-20-16-32-10-11-33-20/h3-8,12,20H,1-2,9-11,13-16H2,(H,27,29)(H,28,30). The highest BCUT2D eigenvalue weighted by Crippen LogP contribution is 2.26. The number of hydrogen-bond donors (Lipinski definition) is 2. The van der Waals surface area contributed by atoms with Crippen LogP contribution in [0.1, 0.15) is 30.4 Å². The summed E-state index contributed by atoms with van der Waals surface area (Å²) in [5, 5.41) is 6.22. The highest BCUT2D eigenvalue weighted by molar-refractivity contribution is 8.06. The average molecular weight is 495 g/mol. The van der Waals surface area contributed by atoms with Gasteiger partial charge in [0.25, 0.3) is 0 Å². The van der Waals surface area contributed by atoms with E-state index in [0.717, 1.165) is 34.8 Å². The maximum absolute atomic E-state index is 13.5. The second-order valence-corrected chi connectivity index (χ2v) is 10.2. The Morgan fingerprint density at radius 1 is 0.970 bits per heavy atom. The Kier molecular flexibility index (Phi) is 10.3. The van der Waals surface area contributed by atoms with Crippen LogP contribution in [-0.2, 0) is 22.7 Å². The minimum absolute atomic E-state index is 0.0278. The van der Waals surface area contributed by atoms with Crippen LogP contribution in [0, 0.1) is 11.6 Å². The zero-order valence-electron chi connectivity index (χ0n) is 18.3. The summed E-state index contributed by atoms with van der Waals surface area (Å²) in [6, 6.07) is 10.9. The van der Waals surface area contributed by atoms with Crippen molar-refractivity contribution in [1.29, 1.82) is 0 Å². The second kappa shape index (κ2) is 13.4. The van der Waals surface area contributed by atoms with Crippen molar-refractivity contribution in [3.8, 4) is 5.75 Å². The molecule has 1 heterocycles. The van der Waals surface area contributed by atoms with Crippen LogP contribution in [0.2, 0.25) is 0 Å². The van der Waals surface area contributed by atoms with Crippen LogP contribution in [0.4, 0.5) is 8.78 Å². The number of ether oxygens (including phenoxy) is 1. The van der Waals surface area contributed by atoms with E-state index in [1.807, 2.05) is 47.8 Å². The molecule has 0 spiro atoms. The molecule has 2 aromatic rings. The van der Waals surface area contributed by atoms with Gasteiger partial charge in [-0.3, -0.25) is 9.59 Å². The Morgan fingerprint density at radius 3 is 2.30 bits per heavy atom. The predicted molar refractivity (Wildman–Crippen MR) is 129 cm³/mol. The van der Waals surface area contributed by atoms with Gasteiger partial charge in [0.15, 0.2) is 11.6 Å². The van der Waals surface area contributed by atoms with Gasteiger partial charge in [0, 0.05) is 54.5 Å². The quantitative estimate of drug-likeness (QED) is 0.456. The maximum Gasteiger partial charge on any atom is 0.221 e. The molecule has 1 unspecified atom stereocenters. The molecule has 2 amide bonds.